The van der Waals surface area contributed by atoms with Crippen LogP contribution >= 0.6 is 0 Å². The summed E-state index contributed by atoms with van der Waals surface area (Å²) in [5, 5.41) is 72.5. The number of methoxy groups -OCH3 is 2. The second-order valence-electron chi connectivity index (χ2n) is 37.3. The summed E-state index contributed by atoms with van der Waals surface area (Å²) in [5.41, 5.74) is 28.6. The van der Waals surface area contributed by atoms with Gasteiger partial charge in [-0.25, -0.2) is 17.6 Å². The zero-order chi connectivity index (χ0) is 101. The number of primary amides is 4. The van der Waals surface area contributed by atoms with E-state index < -0.39 is 87.8 Å². The number of terminal acetylenes is 1. The van der Waals surface area contributed by atoms with E-state index in [1.165, 1.54) is 75.5 Å². The van der Waals surface area contributed by atoms with Crippen LogP contribution in [0, 0.1) is 75.3 Å². The topological polar surface area (TPSA) is 480 Å². The SMILES string of the molecule is C#Cc1ccc(CN2CCC(CC#N)(n3cc(C(N)=O)c(NC(=O)C4CC4)n3)C(F)C2)cc1.COC(=O)Cc1nn(C2(CC#N)CCC(Nc3ccc(-c4ccccc4)cc3)CC2)cc1C(N)=O.COC(=O)Cc1nn(C2(CC#N)CCN(Cc3ccc(-c4ccccc4)c(O)c3F)CC2F)cc1C(N)=O.N#CCC1(n2cc(C(N)=O)c(CC(=O)C3CC3)n2)CCN(Cc2ccc(C3=CCCC3)cc2)CC1F. The van der Waals surface area contributed by atoms with Crippen LogP contribution in [0.1, 0.15) is 202 Å². The molecule has 32 nitrogen and oxygen atoms in total. The number of nitriles is 4. The molecular formula is C106H113F4N21O11. The fourth-order valence-corrected chi connectivity index (χ4v) is 19.3. The molecule has 6 aromatic carbocycles. The standard InChI is InChI=1S/C28H32FN5O2.C27H27F2N5O4.C27H29N5O3.C24H25FN6O2/c29-26-18-33(16-19-5-7-21(8-6-19)20-3-1-2-4-20)14-12-28(26,11-13-30)34-17-23(27(31)36)24(32-34)15-25(35)22-9-10-22;1-38-23(35)13-21-20(26(31)37)15-34(32-21)27(9-11-30)10-12-33(16-22(27)28)14-18-7-8-19(25(36)24(18)29)17-5-3-2-4-6-17;1-35-25(33)17-24-23(26(29)34)18-32(31-24)27(15-16-28)13-11-22(12-14-27)30-21-9-7-20(8-10-21)19-5-3-2-4-6-19;1-2-16-3-5-17(6-4-16)13-30-12-10-24(9-11-26,20(25)15-30)31-14-19(21(27)32)22(29-31)28-23(33)18-7-8-18/h3,5-8,17,22,26H,1-2,4,9-12,14-16,18H2,(H2,31,36);2-8,15,22,36H,9-10,12-14,16H2,1H3,(H2,31,37);2-10,18,22,30H,11-15,17H2,1H3,(H2,29,34);1,3-6,14,18,20H,7-10,12-13,15H2,(H2,27,32)(H,28,29,33). The van der Waals surface area contributed by atoms with E-state index >= 15 is 17.6 Å². The fourth-order valence-electron chi connectivity index (χ4n) is 19.3. The highest BCUT2D eigenvalue weighted by atomic mass is 19.1. The predicted molar refractivity (Wildman–Crippen MR) is 518 cm³/mol. The number of amides is 5. The number of esters is 2. The van der Waals surface area contributed by atoms with Gasteiger partial charge in [-0.3, -0.25) is 71.8 Å². The number of likely N-dealkylation sites (tertiary alicyclic amines) is 3. The molecule has 11 N–H and O–H groups in total. The number of halogens is 4. The highest BCUT2D eigenvalue weighted by Gasteiger charge is 2.51. The van der Waals surface area contributed by atoms with Crippen molar-refractivity contribution in [1.29, 1.82) is 21.0 Å². The van der Waals surface area contributed by atoms with Crippen LogP contribution in [0.2, 0.25) is 0 Å². The van der Waals surface area contributed by atoms with Gasteiger partial charge in [0, 0.05) is 124 Å². The first-order chi connectivity index (χ1) is 68.4. The highest BCUT2D eigenvalue weighted by molar-refractivity contribution is 6.03. The molecule has 736 valence electrons. The Bertz CT molecular complexity index is 6530. The Hall–Kier alpha value is -15.4. The van der Waals surface area contributed by atoms with Gasteiger partial charge in [0.15, 0.2) is 17.4 Å². The molecule has 17 rings (SSSR count). The number of carbonyl (C=O) groups excluding carboxylic acids is 8. The maximum Gasteiger partial charge on any atom is 0.311 e. The molecule has 36 heteroatoms. The molecule has 0 spiro atoms. The predicted octanol–water partition coefficient (Wildman–Crippen LogP) is 13.2. The third-order valence-electron chi connectivity index (χ3n) is 28.0. The Kier molecular flexibility index (Phi) is 33.0. The molecule has 7 heterocycles. The molecule has 5 amide bonds. The van der Waals surface area contributed by atoms with E-state index in [1.807, 2.05) is 59.5 Å². The molecule has 10 aromatic rings. The van der Waals surface area contributed by atoms with Crippen LogP contribution in [0.25, 0.3) is 27.8 Å². The largest absolute Gasteiger partial charge is 0.504 e. The number of phenolic OH excluding ortho intramolecular Hbond substituents is 1. The van der Waals surface area contributed by atoms with Gasteiger partial charge in [-0.2, -0.15) is 41.4 Å². The highest BCUT2D eigenvalue weighted by Crippen LogP contribution is 2.45. The number of carbonyl (C=O) groups is 8. The lowest BCUT2D eigenvalue weighted by Gasteiger charge is -2.43. The Morgan fingerprint density at radius 1 is 0.493 bits per heavy atom. The average Bonchev–Trinajstić information content (AvgIpc) is 1.40. The molecular weight excluding hydrogens is 1820 g/mol. The summed E-state index contributed by atoms with van der Waals surface area (Å²) in [5.74, 6) is -3.09. The van der Waals surface area contributed by atoms with Crippen molar-refractivity contribution in [1.82, 2.24) is 53.8 Å². The quantitative estimate of drug-likeness (QED) is 0.0117. The number of rotatable bonds is 32. The number of hydrogen-bond acceptors (Lipinski definition) is 23. The molecule has 3 aliphatic heterocycles. The van der Waals surface area contributed by atoms with E-state index in [2.05, 4.69) is 132 Å². The summed E-state index contributed by atoms with van der Waals surface area (Å²) in [4.78, 5) is 102. The van der Waals surface area contributed by atoms with Crippen molar-refractivity contribution in [3.63, 3.8) is 0 Å². The maximum absolute atomic E-state index is 15.9. The van der Waals surface area contributed by atoms with Crippen LogP contribution in [-0.2, 0) is 89.7 Å². The van der Waals surface area contributed by atoms with E-state index in [-0.39, 0.29) is 164 Å². The number of aromatic nitrogens is 8. The van der Waals surface area contributed by atoms with E-state index in [1.54, 1.807) is 52.2 Å². The van der Waals surface area contributed by atoms with Crippen molar-refractivity contribution in [2.45, 2.75) is 201 Å². The van der Waals surface area contributed by atoms with E-state index in [4.69, 9.17) is 34.1 Å². The summed E-state index contributed by atoms with van der Waals surface area (Å²) >= 11 is 0. The van der Waals surface area contributed by atoms with Crippen molar-refractivity contribution >= 4 is 64.3 Å². The number of phenols is 1. The number of alkyl halides is 3. The molecule has 0 bridgehead atoms. The van der Waals surface area contributed by atoms with Gasteiger partial charge in [-0.1, -0.05) is 133 Å². The first-order valence-corrected chi connectivity index (χ1v) is 47.3. The van der Waals surface area contributed by atoms with E-state index in [9.17, 15) is 64.5 Å². The van der Waals surface area contributed by atoms with Crippen molar-refractivity contribution in [2.75, 3.05) is 64.1 Å². The number of Topliss-reactive ketones (excluding diaryl/α,β-unsaturated/α-hetero) is 1. The van der Waals surface area contributed by atoms with Crippen molar-refractivity contribution in [2.24, 2.45) is 34.8 Å². The minimum Gasteiger partial charge on any atom is -0.504 e. The number of ether oxygens (including phenoxy) is 2. The monoisotopic (exact) mass is 1930 g/mol. The summed E-state index contributed by atoms with van der Waals surface area (Å²) in [6.45, 7) is 2.67. The third-order valence-corrected chi connectivity index (χ3v) is 28.0. The molecule has 4 aliphatic carbocycles. The molecule has 3 saturated heterocycles. The first kappa shape index (κ1) is 102. The second kappa shape index (κ2) is 45.7. The van der Waals surface area contributed by atoms with Crippen molar-refractivity contribution in [3.05, 3.63) is 249 Å². The minimum atomic E-state index is -1.62. The number of ketones is 1. The fraction of sp³-hybridized carbons (Fsp3) is 0.396. The number of nitrogens with two attached hydrogens (primary N) is 4. The van der Waals surface area contributed by atoms with E-state index in [0.717, 1.165) is 73.7 Å². The lowest BCUT2D eigenvalue weighted by molar-refractivity contribution is -0.140. The summed E-state index contributed by atoms with van der Waals surface area (Å²) in [6, 6.07) is 55.5. The average molecular weight is 1930 g/mol. The molecule has 6 atom stereocenters. The van der Waals surface area contributed by atoms with Crippen molar-refractivity contribution in [3.8, 4) is 64.6 Å². The molecule has 6 unspecified atom stereocenters. The van der Waals surface area contributed by atoms with Crippen LogP contribution in [0.3, 0.4) is 0 Å². The number of aromatic hydroxyl groups is 1. The Morgan fingerprint density at radius 2 is 0.923 bits per heavy atom. The van der Waals surface area contributed by atoms with Crippen LogP contribution in [0.5, 0.6) is 5.75 Å². The Balaban J connectivity index is 0.000000151. The van der Waals surface area contributed by atoms with Gasteiger partial charge in [0.1, 0.15) is 46.5 Å². The molecule has 0 radical (unpaired) electrons. The number of hydrogen-bond donors (Lipinski definition) is 7. The lowest BCUT2D eigenvalue weighted by Crippen LogP contribution is -2.54. The number of nitrogens with zero attached hydrogens (tertiary/aromatic N) is 15. The number of allylic oxidation sites excluding steroid dienone is 2. The van der Waals surface area contributed by atoms with Crippen LogP contribution in [0.15, 0.2) is 176 Å². The van der Waals surface area contributed by atoms with Gasteiger partial charge in [-0.05, 0) is 153 Å². The van der Waals surface area contributed by atoms with Crippen LogP contribution < -0.4 is 33.6 Å². The zero-order valence-corrected chi connectivity index (χ0v) is 79.1. The number of benzene rings is 6. The van der Waals surface area contributed by atoms with Gasteiger partial charge in [0.05, 0.1) is 123 Å². The van der Waals surface area contributed by atoms with Crippen molar-refractivity contribution < 1.29 is 70.5 Å². The number of piperidine rings is 3. The second-order valence-corrected chi connectivity index (χ2v) is 37.3. The van der Waals surface area contributed by atoms with Gasteiger partial charge in [0.25, 0.3) is 23.6 Å². The van der Waals surface area contributed by atoms with Gasteiger partial charge < -0.3 is 48.1 Å². The minimum absolute atomic E-state index is 0.00421. The summed E-state index contributed by atoms with van der Waals surface area (Å²) in [6.07, 6.45) is 18.8. The third kappa shape index (κ3) is 23.8. The van der Waals surface area contributed by atoms with Crippen LogP contribution in [0.4, 0.5) is 29.1 Å². The maximum atomic E-state index is 15.9. The Labute approximate surface area is 819 Å². The van der Waals surface area contributed by atoms with Crippen LogP contribution in [-0.4, -0.2) is 184 Å². The first-order valence-electron chi connectivity index (χ1n) is 47.3. The van der Waals surface area contributed by atoms with E-state index in [0.29, 0.717) is 63.0 Å². The molecule has 142 heavy (non-hydrogen) atoms. The lowest BCUT2D eigenvalue weighted by atomic mass is 9.77. The molecule has 3 saturated carbocycles. The van der Waals surface area contributed by atoms with Gasteiger partial charge >= 0.3 is 11.9 Å². The van der Waals surface area contributed by atoms with Gasteiger partial charge in [0.2, 0.25) is 5.91 Å². The normalized spacial score (nSPS) is 21.5. The number of nitrogens with one attached hydrogen (secondary N) is 2. The molecule has 4 aromatic heterocycles. The smallest absolute Gasteiger partial charge is 0.311 e. The number of anilines is 2. The summed E-state index contributed by atoms with van der Waals surface area (Å²) in [7, 11) is 2.47. The summed E-state index contributed by atoms with van der Waals surface area (Å²) < 4.78 is 77.5. The Morgan fingerprint density at radius 3 is 1.37 bits per heavy atom. The molecule has 6 fully saturated rings. The molecule has 7 aliphatic rings. The van der Waals surface area contributed by atoms with Gasteiger partial charge in [-0.15, -0.1) is 6.42 Å². The zero-order valence-electron chi connectivity index (χ0n) is 79.1.